The lowest BCUT2D eigenvalue weighted by atomic mass is 9.87. The zero-order chi connectivity index (χ0) is 32.6. The molecule has 0 spiro atoms. The summed E-state index contributed by atoms with van der Waals surface area (Å²) in [5.74, 6) is 1.87. The number of benzene rings is 6. The zero-order valence-electron chi connectivity index (χ0n) is 26.8. The fourth-order valence-corrected chi connectivity index (χ4v) is 6.96. The highest BCUT2D eigenvalue weighted by Crippen LogP contribution is 2.45. The monoisotopic (exact) mass is 629 g/mol. The highest BCUT2D eigenvalue weighted by atomic mass is 16.3. The highest BCUT2D eigenvalue weighted by molar-refractivity contribution is 6.16. The van der Waals surface area contributed by atoms with E-state index in [1.165, 1.54) is 22.3 Å². The Labute approximate surface area is 284 Å². The molecule has 4 nitrogen and oxygen atoms in total. The fourth-order valence-electron chi connectivity index (χ4n) is 6.96. The molecule has 6 aromatic carbocycles. The van der Waals surface area contributed by atoms with Crippen LogP contribution in [-0.2, 0) is 12.8 Å². The third-order valence-electron chi connectivity index (χ3n) is 9.25. The highest BCUT2D eigenvalue weighted by Gasteiger charge is 2.23. The van der Waals surface area contributed by atoms with E-state index in [1.807, 2.05) is 72.8 Å². The molecular formula is C45H31N3O. The summed E-state index contributed by atoms with van der Waals surface area (Å²) >= 11 is 0. The van der Waals surface area contributed by atoms with Crippen LogP contribution >= 0.6 is 0 Å². The van der Waals surface area contributed by atoms with E-state index in [0.29, 0.717) is 17.5 Å². The minimum Gasteiger partial charge on any atom is -0.455 e. The molecule has 9 rings (SSSR count). The molecule has 0 unspecified atom stereocenters. The molecule has 49 heavy (non-hydrogen) atoms. The van der Waals surface area contributed by atoms with Gasteiger partial charge in [-0.05, 0) is 46.7 Å². The minimum absolute atomic E-state index is 0.609. The van der Waals surface area contributed by atoms with Crippen molar-refractivity contribution in [3.63, 3.8) is 0 Å². The normalized spacial score (nSPS) is 13.9. The smallest absolute Gasteiger partial charge is 0.164 e. The first kappa shape index (κ1) is 28.8. The Morgan fingerprint density at radius 2 is 1.00 bits per heavy atom. The lowest BCUT2D eigenvalue weighted by Gasteiger charge is -2.17. The maximum absolute atomic E-state index is 6.90. The Hall–Kier alpha value is -6.39. The van der Waals surface area contributed by atoms with Crippen molar-refractivity contribution in [2.75, 3.05) is 0 Å². The number of hydrogen-bond donors (Lipinski definition) is 0. The van der Waals surface area contributed by atoms with Gasteiger partial charge in [-0.25, -0.2) is 15.0 Å². The Morgan fingerprint density at radius 3 is 1.71 bits per heavy atom. The molecule has 8 aromatic rings. The summed E-state index contributed by atoms with van der Waals surface area (Å²) in [4.78, 5) is 15.1. The van der Waals surface area contributed by atoms with Crippen molar-refractivity contribution < 1.29 is 4.42 Å². The Bertz CT molecular complexity index is 2490. The summed E-state index contributed by atoms with van der Waals surface area (Å²) in [6.45, 7) is 0. The van der Waals surface area contributed by atoms with Crippen molar-refractivity contribution in [2.24, 2.45) is 0 Å². The molecule has 4 heteroatoms. The maximum atomic E-state index is 6.90. The average Bonchev–Trinajstić information content (AvgIpc) is 3.55. The van der Waals surface area contributed by atoms with Crippen LogP contribution in [0.1, 0.15) is 11.1 Å². The Balaban J connectivity index is 1.32. The summed E-state index contributed by atoms with van der Waals surface area (Å²) in [5.41, 5.74) is 11.7. The summed E-state index contributed by atoms with van der Waals surface area (Å²) < 4.78 is 6.90. The lowest BCUT2D eigenvalue weighted by molar-refractivity contribution is 0.669. The largest absolute Gasteiger partial charge is 0.455 e. The first-order valence-electron chi connectivity index (χ1n) is 16.7. The van der Waals surface area contributed by atoms with Gasteiger partial charge in [0, 0.05) is 33.0 Å². The van der Waals surface area contributed by atoms with E-state index in [2.05, 4.69) is 91.0 Å². The van der Waals surface area contributed by atoms with Crippen LogP contribution in [0.25, 0.3) is 78.4 Å². The van der Waals surface area contributed by atoms with Crippen LogP contribution in [0, 0.1) is 0 Å². The third-order valence-corrected chi connectivity index (χ3v) is 9.25. The molecule has 1 aliphatic carbocycles. The Kier molecular flexibility index (Phi) is 7.25. The van der Waals surface area contributed by atoms with Crippen LogP contribution in [0.5, 0.6) is 0 Å². The van der Waals surface area contributed by atoms with Gasteiger partial charge in [-0.15, -0.1) is 0 Å². The van der Waals surface area contributed by atoms with Gasteiger partial charge in [0.2, 0.25) is 0 Å². The minimum atomic E-state index is 0.609. The van der Waals surface area contributed by atoms with Gasteiger partial charge in [0.15, 0.2) is 17.5 Å². The van der Waals surface area contributed by atoms with Crippen molar-refractivity contribution in [1.82, 2.24) is 15.0 Å². The molecule has 0 saturated carbocycles. The molecule has 2 heterocycles. The van der Waals surface area contributed by atoms with Crippen molar-refractivity contribution in [2.45, 2.75) is 12.8 Å². The van der Waals surface area contributed by atoms with Gasteiger partial charge < -0.3 is 4.42 Å². The molecule has 0 fully saturated rings. The standard InChI is InChI=1S/C45H31N3O/c1-2-6-18-31-28-29-37-41-38(45-47-43(32-19-7-3-8-20-32)46-44(48-45)33-21-9-4-10-22-33)26-15-27-39(41)49-42(37)40(31)36-25-14-13-24-35(36)34-23-12-11-17-30(34)16-5-1/h1-15,17,19-29H,16,18H2/b5-1-,6-2-. The van der Waals surface area contributed by atoms with Crippen LogP contribution in [0.15, 0.2) is 168 Å². The molecular weight excluding hydrogens is 599 g/mol. The number of rotatable bonds is 3. The van der Waals surface area contributed by atoms with E-state index in [-0.39, 0.29) is 0 Å². The van der Waals surface area contributed by atoms with E-state index in [4.69, 9.17) is 19.4 Å². The SMILES string of the molecule is C1=C\Cc2ccccc2-c2ccccc2-c2c(ccc3c2oc2cccc(-c4nc(-c5ccccc5)nc(-c5ccccc5)n4)c23)C\C=C/1. The van der Waals surface area contributed by atoms with E-state index >= 15 is 0 Å². The van der Waals surface area contributed by atoms with Gasteiger partial charge in [-0.3, -0.25) is 0 Å². The van der Waals surface area contributed by atoms with Gasteiger partial charge in [-0.1, -0.05) is 158 Å². The van der Waals surface area contributed by atoms with E-state index < -0.39 is 0 Å². The molecule has 0 N–H and O–H groups in total. The number of furan rings is 1. The third kappa shape index (κ3) is 5.24. The number of aromatic nitrogens is 3. The number of allylic oxidation sites excluding steroid dienone is 4. The average molecular weight is 630 g/mol. The summed E-state index contributed by atoms with van der Waals surface area (Å²) in [6, 6.07) is 48.2. The van der Waals surface area contributed by atoms with Crippen molar-refractivity contribution in [3.05, 3.63) is 175 Å². The lowest BCUT2D eigenvalue weighted by Crippen LogP contribution is -2.00. The Morgan fingerprint density at radius 1 is 0.429 bits per heavy atom. The van der Waals surface area contributed by atoms with Gasteiger partial charge in [-0.2, -0.15) is 0 Å². The fraction of sp³-hybridized carbons (Fsp3) is 0.0444. The van der Waals surface area contributed by atoms with E-state index in [9.17, 15) is 0 Å². The molecule has 0 radical (unpaired) electrons. The van der Waals surface area contributed by atoms with Crippen LogP contribution in [0.2, 0.25) is 0 Å². The zero-order valence-corrected chi connectivity index (χ0v) is 26.8. The molecule has 0 aliphatic heterocycles. The second-order valence-corrected chi connectivity index (χ2v) is 12.3. The number of hydrogen-bond acceptors (Lipinski definition) is 4. The van der Waals surface area contributed by atoms with Gasteiger partial charge in [0.25, 0.3) is 0 Å². The van der Waals surface area contributed by atoms with Gasteiger partial charge in [0.05, 0.1) is 0 Å². The second kappa shape index (κ2) is 12.3. The quantitative estimate of drug-likeness (QED) is 0.195. The molecule has 0 bridgehead atoms. The van der Waals surface area contributed by atoms with E-state index in [0.717, 1.165) is 62.6 Å². The second-order valence-electron chi connectivity index (χ2n) is 12.3. The molecule has 1 aliphatic rings. The van der Waals surface area contributed by atoms with Crippen molar-refractivity contribution in [3.8, 4) is 56.4 Å². The maximum Gasteiger partial charge on any atom is 0.164 e. The molecule has 0 amide bonds. The van der Waals surface area contributed by atoms with Crippen LogP contribution in [0.4, 0.5) is 0 Å². The summed E-state index contributed by atoms with van der Waals surface area (Å²) in [7, 11) is 0. The van der Waals surface area contributed by atoms with Gasteiger partial charge >= 0.3 is 0 Å². The first-order chi connectivity index (χ1) is 24.3. The van der Waals surface area contributed by atoms with Crippen molar-refractivity contribution in [1.29, 1.82) is 0 Å². The van der Waals surface area contributed by atoms with E-state index in [1.54, 1.807) is 0 Å². The number of nitrogens with zero attached hydrogens (tertiary/aromatic N) is 3. The molecule has 0 saturated heterocycles. The van der Waals surface area contributed by atoms with Gasteiger partial charge in [0.1, 0.15) is 11.2 Å². The number of fused-ring (bicyclic) bond motifs is 9. The van der Waals surface area contributed by atoms with Crippen LogP contribution in [0.3, 0.4) is 0 Å². The summed E-state index contributed by atoms with van der Waals surface area (Å²) in [5, 5.41) is 2.03. The van der Waals surface area contributed by atoms with Crippen molar-refractivity contribution >= 4 is 21.9 Å². The van der Waals surface area contributed by atoms with Crippen LogP contribution in [-0.4, -0.2) is 15.0 Å². The van der Waals surface area contributed by atoms with Crippen LogP contribution < -0.4 is 0 Å². The molecule has 2 aromatic heterocycles. The summed E-state index contributed by atoms with van der Waals surface area (Å²) in [6.07, 6.45) is 10.4. The topological polar surface area (TPSA) is 51.8 Å². The predicted octanol–water partition coefficient (Wildman–Crippen LogP) is 11.3. The molecule has 0 atom stereocenters. The predicted molar refractivity (Wildman–Crippen MR) is 200 cm³/mol. The first-order valence-corrected chi connectivity index (χ1v) is 16.7. The molecule has 232 valence electrons.